The standard InChI is InChI=1S/C14H18N2O4/c1-3-8-20-11(17)9-16-12(18)14(15-13(16)19)6-4-10(2)5-7-14/h1,10H,4-9H2,2H3,(H,15,19). The highest BCUT2D eigenvalue weighted by Crippen LogP contribution is 2.36. The molecule has 20 heavy (non-hydrogen) atoms. The lowest BCUT2D eigenvalue weighted by molar-refractivity contribution is -0.146. The van der Waals surface area contributed by atoms with Gasteiger partial charge in [0.15, 0.2) is 6.61 Å². The Balaban J connectivity index is 2.02. The molecule has 108 valence electrons. The van der Waals surface area contributed by atoms with E-state index in [1.165, 1.54) is 0 Å². The van der Waals surface area contributed by atoms with Crippen molar-refractivity contribution in [2.24, 2.45) is 5.92 Å². The average molecular weight is 278 g/mol. The van der Waals surface area contributed by atoms with Gasteiger partial charge in [-0.05, 0) is 31.6 Å². The van der Waals surface area contributed by atoms with Crippen LogP contribution in [0.5, 0.6) is 0 Å². The summed E-state index contributed by atoms with van der Waals surface area (Å²) >= 11 is 0. The van der Waals surface area contributed by atoms with Crippen LogP contribution in [0, 0.1) is 18.3 Å². The fourth-order valence-electron chi connectivity index (χ4n) is 2.71. The first-order valence-corrected chi connectivity index (χ1v) is 6.72. The van der Waals surface area contributed by atoms with Crippen molar-refractivity contribution in [3.05, 3.63) is 0 Å². The van der Waals surface area contributed by atoms with Crippen molar-refractivity contribution in [3.63, 3.8) is 0 Å². The Kier molecular flexibility index (Phi) is 3.98. The molecule has 2 aliphatic rings. The van der Waals surface area contributed by atoms with Gasteiger partial charge in [-0.2, -0.15) is 0 Å². The predicted molar refractivity (Wildman–Crippen MR) is 70.4 cm³/mol. The van der Waals surface area contributed by atoms with E-state index in [-0.39, 0.29) is 19.1 Å². The zero-order valence-electron chi connectivity index (χ0n) is 11.5. The summed E-state index contributed by atoms with van der Waals surface area (Å²) in [5.41, 5.74) is -0.823. The number of esters is 1. The number of urea groups is 1. The van der Waals surface area contributed by atoms with Crippen molar-refractivity contribution in [2.45, 2.75) is 38.1 Å². The molecule has 1 N–H and O–H groups in total. The Morgan fingerprint density at radius 1 is 1.50 bits per heavy atom. The fraction of sp³-hybridized carbons (Fsp3) is 0.643. The number of terminal acetylenes is 1. The van der Waals surface area contributed by atoms with Crippen molar-refractivity contribution in [1.82, 2.24) is 10.2 Å². The summed E-state index contributed by atoms with van der Waals surface area (Å²) in [6.45, 7) is 1.58. The quantitative estimate of drug-likeness (QED) is 0.467. The summed E-state index contributed by atoms with van der Waals surface area (Å²) in [5, 5.41) is 2.74. The third-order valence-corrected chi connectivity index (χ3v) is 3.98. The summed E-state index contributed by atoms with van der Waals surface area (Å²) in [6, 6.07) is -0.526. The summed E-state index contributed by atoms with van der Waals surface area (Å²) in [6.07, 6.45) is 8.00. The van der Waals surface area contributed by atoms with Crippen LogP contribution >= 0.6 is 0 Å². The van der Waals surface area contributed by atoms with Crippen LogP contribution in [-0.4, -0.2) is 41.5 Å². The van der Waals surface area contributed by atoms with Gasteiger partial charge >= 0.3 is 12.0 Å². The third kappa shape index (κ3) is 2.62. The summed E-state index contributed by atoms with van der Waals surface area (Å²) in [5.74, 6) is 1.72. The van der Waals surface area contributed by atoms with Crippen LogP contribution in [0.2, 0.25) is 0 Å². The maximum atomic E-state index is 12.4. The van der Waals surface area contributed by atoms with E-state index in [1.54, 1.807) is 0 Å². The summed E-state index contributed by atoms with van der Waals surface area (Å²) < 4.78 is 4.69. The van der Waals surface area contributed by atoms with Gasteiger partial charge in [0.2, 0.25) is 0 Å². The van der Waals surface area contributed by atoms with E-state index in [1.807, 2.05) is 0 Å². The van der Waals surface area contributed by atoms with Gasteiger partial charge in [0.25, 0.3) is 5.91 Å². The molecule has 0 aromatic carbocycles. The summed E-state index contributed by atoms with van der Waals surface area (Å²) in [4.78, 5) is 36.7. The second kappa shape index (κ2) is 5.53. The third-order valence-electron chi connectivity index (χ3n) is 3.98. The molecule has 1 saturated heterocycles. The Bertz CT molecular complexity index is 472. The van der Waals surface area contributed by atoms with Gasteiger partial charge in [0.1, 0.15) is 12.1 Å². The maximum Gasteiger partial charge on any atom is 0.327 e. The van der Waals surface area contributed by atoms with Crippen molar-refractivity contribution in [1.29, 1.82) is 0 Å². The van der Waals surface area contributed by atoms with Crippen LogP contribution < -0.4 is 5.32 Å². The molecule has 0 unspecified atom stereocenters. The van der Waals surface area contributed by atoms with Crippen LogP contribution in [0.4, 0.5) is 4.79 Å². The van der Waals surface area contributed by atoms with E-state index in [2.05, 4.69) is 18.2 Å². The number of carbonyl (C=O) groups excluding carboxylic acids is 3. The lowest BCUT2D eigenvalue weighted by Gasteiger charge is -2.33. The van der Waals surface area contributed by atoms with Crippen molar-refractivity contribution in [3.8, 4) is 12.3 Å². The Morgan fingerprint density at radius 2 is 2.15 bits per heavy atom. The van der Waals surface area contributed by atoms with E-state index in [0.29, 0.717) is 18.8 Å². The molecular weight excluding hydrogens is 260 g/mol. The normalized spacial score (nSPS) is 29.2. The lowest BCUT2D eigenvalue weighted by atomic mass is 9.77. The molecule has 6 nitrogen and oxygen atoms in total. The second-order valence-electron chi connectivity index (χ2n) is 5.45. The van der Waals surface area contributed by atoms with Gasteiger partial charge in [0, 0.05) is 0 Å². The number of hydrogen-bond acceptors (Lipinski definition) is 4. The number of amides is 3. The Morgan fingerprint density at radius 3 is 2.75 bits per heavy atom. The van der Waals surface area contributed by atoms with Crippen LogP contribution in [0.15, 0.2) is 0 Å². The minimum atomic E-state index is -0.823. The topological polar surface area (TPSA) is 75.7 Å². The highest BCUT2D eigenvalue weighted by Gasteiger charge is 2.52. The average Bonchev–Trinajstić information content (AvgIpc) is 2.65. The predicted octanol–water partition coefficient (Wildman–Crippen LogP) is 0.663. The second-order valence-corrected chi connectivity index (χ2v) is 5.45. The van der Waals surface area contributed by atoms with Gasteiger partial charge < -0.3 is 10.1 Å². The zero-order valence-corrected chi connectivity index (χ0v) is 11.5. The number of carbonyl (C=O) groups is 3. The lowest BCUT2D eigenvalue weighted by Crippen LogP contribution is -2.49. The van der Waals surface area contributed by atoms with E-state index in [4.69, 9.17) is 11.2 Å². The van der Waals surface area contributed by atoms with Crippen LogP contribution in [0.25, 0.3) is 0 Å². The number of ether oxygens (including phenoxy) is 1. The first-order chi connectivity index (χ1) is 9.48. The number of nitrogens with zero attached hydrogens (tertiary/aromatic N) is 1. The largest absolute Gasteiger partial charge is 0.451 e. The van der Waals surface area contributed by atoms with Gasteiger partial charge in [0.05, 0.1) is 0 Å². The van der Waals surface area contributed by atoms with Gasteiger partial charge in [-0.1, -0.05) is 12.8 Å². The van der Waals surface area contributed by atoms with E-state index in [9.17, 15) is 14.4 Å². The molecule has 0 bridgehead atoms. The van der Waals surface area contributed by atoms with Crippen LogP contribution in [0.3, 0.4) is 0 Å². The maximum absolute atomic E-state index is 12.4. The number of nitrogens with one attached hydrogen (secondary N) is 1. The highest BCUT2D eigenvalue weighted by atomic mass is 16.5. The highest BCUT2D eigenvalue weighted by molar-refractivity contribution is 6.08. The molecule has 2 rings (SSSR count). The first kappa shape index (κ1) is 14.4. The van der Waals surface area contributed by atoms with E-state index in [0.717, 1.165) is 17.7 Å². The molecule has 1 heterocycles. The molecule has 0 radical (unpaired) electrons. The van der Waals surface area contributed by atoms with Crippen LogP contribution in [-0.2, 0) is 14.3 Å². The molecule has 1 spiro atoms. The van der Waals surface area contributed by atoms with Gasteiger partial charge in [-0.25, -0.2) is 4.79 Å². The SMILES string of the molecule is C#CCOC(=O)CN1C(=O)NC2(CCC(C)CC2)C1=O. The molecule has 0 aromatic rings. The Labute approximate surface area is 117 Å². The fourth-order valence-corrected chi connectivity index (χ4v) is 2.71. The van der Waals surface area contributed by atoms with Crippen molar-refractivity contribution in [2.75, 3.05) is 13.2 Å². The molecule has 1 aliphatic heterocycles. The molecule has 1 saturated carbocycles. The van der Waals surface area contributed by atoms with E-state index < -0.39 is 17.5 Å². The molecule has 3 amide bonds. The van der Waals surface area contributed by atoms with Gasteiger partial charge in [-0.3, -0.25) is 14.5 Å². The minimum Gasteiger partial charge on any atom is -0.451 e. The monoisotopic (exact) mass is 278 g/mol. The van der Waals surface area contributed by atoms with E-state index >= 15 is 0 Å². The molecule has 0 atom stereocenters. The minimum absolute atomic E-state index is 0.162. The molecule has 0 aromatic heterocycles. The zero-order chi connectivity index (χ0) is 14.8. The van der Waals surface area contributed by atoms with Gasteiger partial charge in [-0.15, -0.1) is 6.42 Å². The summed E-state index contributed by atoms with van der Waals surface area (Å²) in [7, 11) is 0. The molecule has 2 fully saturated rings. The Hall–Kier alpha value is -2.03. The number of rotatable bonds is 3. The smallest absolute Gasteiger partial charge is 0.327 e. The van der Waals surface area contributed by atoms with Crippen molar-refractivity contribution < 1.29 is 19.1 Å². The van der Waals surface area contributed by atoms with Crippen molar-refractivity contribution >= 4 is 17.9 Å². The molecular formula is C14H18N2O4. The number of hydrogen-bond donors (Lipinski definition) is 1. The number of imide groups is 1. The first-order valence-electron chi connectivity index (χ1n) is 6.72. The molecule has 1 aliphatic carbocycles. The van der Waals surface area contributed by atoms with Crippen LogP contribution in [0.1, 0.15) is 32.6 Å². The molecule has 6 heteroatoms.